The summed E-state index contributed by atoms with van der Waals surface area (Å²) in [5, 5.41) is 7.83. The van der Waals surface area contributed by atoms with Crippen LogP contribution >= 0.6 is 0 Å². The summed E-state index contributed by atoms with van der Waals surface area (Å²) in [5.41, 5.74) is 2.15. The third-order valence-electron chi connectivity index (χ3n) is 0.223. The first-order valence-electron chi connectivity index (χ1n) is 0.987. The zero-order valence-electron chi connectivity index (χ0n) is 1.93. The van der Waals surface area contributed by atoms with E-state index in [0.717, 1.165) is 0 Å². The molecule has 2 N–H and O–H groups in total. The summed E-state index contributed by atoms with van der Waals surface area (Å²) in [4.78, 5) is 4.01. The third kappa shape index (κ3) is 0.176. The predicted molar refractivity (Wildman–Crippen MR) is 10.2 cm³/mol. The molecule has 1 heterocycles. The van der Waals surface area contributed by atoms with Crippen LogP contribution in [0.4, 0.5) is 0 Å². The molecule has 1 aliphatic heterocycles. The number of aliphatic hydroxyl groups excluding tert-OH is 1. The Labute approximate surface area is 23.1 Å². The van der Waals surface area contributed by atoms with E-state index in [1.54, 1.807) is 0 Å². The lowest BCUT2D eigenvalue weighted by atomic mass is 11.3. The Morgan fingerprint density at radius 3 is 2.25 bits per heavy atom. The lowest BCUT2D eigenvalue weighted by Gasteiger charge is -1.49. The van der Waals surface area contributed by atoms with Gasteiger partial charge in [0.25, 0.3) is 6.41 Å². The van der Waals surface area contributed by atoms with Gasteiger partial charge in [0.15, 0.2) is 0 Å². The van der Waals surface area contributed by atoms with Gasteiger partial charge in [-0.2, -0.15) is 0 Å². The molecule has 0 aromatic rings. The van der Waals surface area contributed by atoms with E-state index in [4.69, 9.17) is 5.11 Å². The van der Waals surface area contributed by atoms with Crippen molar-refractivity contribution in [3.05, 3.63) is 0 Å². The highest BCUT2D eigenvalue weighted by Gasteiger charge is 2.15. The second-order valence-electron chi connectivity index (χ2n) is 0.588. The highest BCUT2D eigenvalue weighted by molar-refractivity contribution is 4.29. The molecule has 3 heteroatoms. The van der Waals surface area contributed by atoms with E-state index in [1.165, 1.54) is 0 Å². The Hall–Kier alpha value is -0.120. The Balaban J connectivity index is 2.17. The van der Waals surface area contributed by atoms with E-state index in [1.807, 2.05) is 0 Å². The maximum atomic E-state index is 7.83. The molecule has 0 aromatic carbocycles. The fourth-order valence-corrected chi connectivity index (χ4v) is 0.0304. The van der Waals surface area contributed by atoms with Gasteiger partial charge in [-0.05, 0) is 0 Å². The molecule has 1 aliphatic rings. The van der Waals surface area contributed by atoms with Crippen molar-refractivity contribution < 1.29 is 9.94 Å². The quantitative estimate of drug-likeness (QED) is 0.346. The van der Waals surface area contributed by atoms with E-state index in [9.17, 15) is 0 Å². The van der Waals surface area contributed by atoms with Crippen molar-refractivity contribution in [2.45, 2.75) is 6.41 Å². The molecule has 0 aromatic heterocycles. The average Bonchev–Trinajstić information content (AvgIpc) is 1.75. The molecule has 1 rings (SSSR count). The highest BCUT2D eigenvalue weighted by Crippen LogP contribution is 1.88. The number of nitrogens with one attached hydrogen (secondary N) is 1. The first kappa shape index (κ1) is 2.14. The van der Waals surface area contributed by atoms with Crippen molar-refractivity contribution in [2.24, 2.45) is 0 Å². The minimum Gasteiger partial charge on any atom is -0.353 e. The van der Waals surface area contributed by atoms with Crippen LogP contribution in [-0.4, -0.2) is 11.5 Å². The Morgan fingerprint density at radius 2 is 2.25 bits per heavy atom. The lowest BCUT2D eigenvalue weighted by Crippen LogP contribution is -1.80. The maximum Gasteiger partial charge on any atom is 0.253 e. The van der Waals surface area contributed by atoms with Crippen molar-refractivity contribution in [2.75, 3.05) is 0 Å². The van der Waals surface area contributed by atoms with E-state index in [0.29, 0.717) is 0 Å². The second-order valence-corrected chi connectivity index (χ2v) is 0.588. The summed E-state index contributed by atoms with van der Waals surface area (Å²) >= 11 is 0. The van der Waals surface area contributed by atoms with Gasteiger partial charge in [-0.3, -0.25) is 0 Å². The Morgan fingerprint density at radius 1 is 2.00 bits per heavy atom. The number of aliphatic hydroxyl groups is 1. The molecule has 0 aliphatic carbocycles. The van der Waals surface area contributed by atoms with Gasteiger partial charge in [0.1, 0.15) is 0 Å². The number of rotatable bonds is 0. The molecule has 0 saturated carbocycles. The number of hydrogen-bond acceptors (Lipinski definition) is 3. The molecule has 1 saturated heterocycles. The first-order chi connectivity index (χ1) is 1.89. The molecule has 1 fully saturated rings. The number of hydrogen-bond donors (Lipinski definition) is 2. The molecule has 24 valence electrons. The minimum absolute atomic E-state index is 0.667. The van der Waals surface area contributed by atoms with Gasteiger partial charge in [0.05, 0.1) is 0 Å². The van der Waals surface area contributed by atoms with Crippen molar-refractivity contribution in [3.8, 4) is 0 Å². The molecule has 0 unspecified atom stereocenters. The van der Waals surface area contributed by atoms with Crippen molar-refractivity contribution in [1.82, 2.24) is 5.48 Å². The van der Waals surface area contributed by atoms with E-state index >= 15 is 0 Å². The van der Waals surface area contributed by atoms with Crippen LogP contribution in [-0.2, 0) is 4.84 Å². The summed E-state index contributed by atoms with van der Waals surface area (Å²) in [5.74, 6) is 0. The summed E-state index contributed by atoms with van der Waals surface area (Å²) in [6.45, 7) is 0. The van der Waals surface area contributed by atoms with Crippen LogP contribution in [0.5, 0.6) is 0 Å². The van der Waals surface area contributed by atoms with Gasteiger partial charge in [-0.1, -0.05) is 0 Å². The molecule has 0 spiro atoms. The standard InChI is InChI=1S/CH3NO2/c3-1-2-4-1/h1-3H/t1-/m0/s1. The summed E-state index contributed by atoms with van der Waals surface area (Å²) < 4.78 is 0. The third-order valence-corrected chi connectivity index (χ3v) is 0.223. The topological polar surface area (TPSA) is 54.7 Å². The predicted octanol–water partition coefficient (Wildman–Crippen LogP) is -1.20. The average molecular weight is 61.0 g/mol. The largest absolute Gasteiger partial charge is 0.353 e. The number of hydroxylamine groups is 1. The summed E-state index contributed by atoms with van der Waals surface area (Å²) in [7, 11) is 0. The van der Waals surface area contributed by atoms with Crippen molar-refractivity contribution in [3.63, 3.8) is 0 Å². The normalized spacial score (nSPS) is 39.8. The van der Waals surface area contributed by atoms with Crippen LogP contribution in [0.2, 0.25) is 0 Å². The second kappa shape index (κ2) is 0.427. The zero-order valence-corrected chi connectivity index (χ0v) is 1.93. The molecule has 0 radical (unpaired) electrons. The Kier molecular flexibility index (Phi) is 0.228. The van der Waals surface area contributed by atoms with Crippen LogP contribution in [0.1, 0.15) is 0 Å². The van der Waals surface area contributed by atoms with Crippen LogP contribution in [0.25, 0.3) is 0 Å². The maximum absolute atomic E-state index is 7.83. The molecule has 0 bridgehead atoms. The van der Waals surface area contributed by atoms with Crippen LogP contribution in [0.3, 0.4) is 0 Å². The van der Waals surface area contributed by atoms with E-state index in [-0.39, 0.29) is 0 Å². The van der Waals surface area contributed by atoms with Gasteiger partial charge in [-0.15, -0.1) is 5.48 Å². The molecule has 3 nitrogen and oxygen atoms in total. The fraction of sp³-hybridized carbons (Fsp3) is 1.00. The fourth-order valence-electron chi connectivity index (χ4n) is 0.0304. The van der Waals surface area contributed by atoms with Gasteiger partial charge in [0, 0.05) is 0 Å². The monoisotopic (exact) mass is 61.0 g/mol. The van der Waals surface area contributed by atoms with Crippen LogP contribution < -0.4 is 5.48 Å². The van der Waals surface area contributed by atoms with Crippen LogP contribution in [0, 0.1) is 0 Å². The highest BCUT2D eigenvalue weighted by atomic mass is 16.9. The molecule has 4 heavy (non-hydrogen) atoms. The first-order valence-corrected chi connectivity index (χ1v) is 0.987. The summed E-state index contributed by atoms with van der Waals surface area (Å²) in [6, 6.07) is 0. The van der Waals surface area contributed by atoms with Crippen LogP contribution in [0.15, 0.2) is 0 Å². The molecular weight excluding hydrogens is 58.0 g/mol. The molecular formula is CH3NO2. The Bertz CT molecular complexity index is 25.2. The van der Waals surface area contributed by atoms with E-state index < -0.39 is 6.41 Å². The SMILES string of the molecule is O[C@@H]1NO1. The lowest BCUT2D eigenvalue weighted by molar-refractivity contribution is 0.156. The van der Waals surface area contributed by atoms with Gasteiger partial charge in [0.2, 0.25) is 0 Å². The van der Waals surface area contributed by atoms with Gasteiger partial charge >= 0.3 is 0 Å². The van der Waals surface area contributed by atoms with Crippen molar-refractivity contribution in [1.29, 1.82) is 0 Å². The molecule has 0 amide bonds. The minimum atomic E-state index is -0.667. The summed E-state index contributed by atoms with van der Waals surface area (Å²) in [6.07, 6.45) is -0.667. The molecule has 1 atom stereocenters. The van der Waals surface area contributed by atoms with Gasteiger partial charge in [-0.25, -0.2) is 4.84 Å². The zero-order chi connectivity index (χ0) is 2.99. The van der Waals surface area contributed by atoms with Crippen molar-refractivity contribution >= 4 is 0 Å². The van der Waals surface area contributed by atoms with Gasteiger partial charge < -0.3 is 5.11 Å². The van der Waals surface area contributed by atoms with E-state index in [2.05, 4.69) is 10.3 Å². The smallest absolute Gasteiger partial charge is 0.253 e.